The SMILES string of the molecule is CCNCC1(Cc2ncnn2CC)CCOC1. The molecule has 17 heavy (non-hydrogen) atoms. The summed E-state index contributed by atoms with van der Waals surface area (Å²) in [6, 6.07) is 0. The third-order valence-corrected chi connectivity index (χ3v) is 3.46. The zero-order valence-corrected chi connectivity index (χ0v) is 10.8. The standard InChI is InChI=1S/C12H22N4O/c1-3-13-8-12(5-6-17-9-12)7-11-14-10-15-16(11)4-2/h10,13H,3-9H2,1-2H3. The molecule has 0 aromatic carbocycles. The maximum atomic E-state index is 5.58. The van der Waals surface area contributed by atoms with Gasteiger partial charge in [-0.15, -0.1) is 0 Å². The van der Waals surface area contributed by atoms with Crippen LogP contribution < -0.4 is 5.32 Å². The molecule has 1 aliphatic rings. The highest BCUT2D eigenvalue weighted by molar-refractivity contribution is 4.97. The van der Waals surface area contributed by atoms with E-state index in [0.717, 1.165) is 51.5 Å². The zero-order valence-electron chi connectivity index (χ0n) is 10.8. The van der Waals surface area contributed by atoms with Gasteiger partial charge in [0.2, 0.25) is 0 Å². The molecule has 0 bridgehead atoms. The first-order valence-electron chi connectivity index (χ1n) is 6.45. The second-order valence-corrected chi connectivity index (χ2v) is 4.75. The van der Waals surface area contributed by atoms with Crippen molar-refractivity contribution < 1.29 is 4.74 Å². The second kappa shape index (κ2) is 5.60. The molecule has 0 saturated carbocycles. The largest absolute Gasteiger partial charge is 0.381 e. The molecule has 0 amide bonds. The van der Waals surface area contributed by atoms with Gasteiger partial charge in [-0.25, -0.2) is 4.98 Å². The van der Waals surface area contributed by atoms with Crippen LogP contribution in [0.1, 0.15) is 26.1 Å². The highest BCUT2D eigenvalue weighted by atomic mass is 16.5. The number of ether oxygens (including phenoxy) is 1. The number of nitrogens with one attached hydrogen (secondary N) is 1. The van der Waals surface area contributed by atoms with E-state index in [2.05, 4.69) is 29.2 Å². The van der Waals surface area contributed by atoms with Gasteiger partial charge in [-0.05, 0) is 19.9 Å². The van der Waals surface area contributed by atoms with Crippen molar-refractivity contribution in [2.75, 3.05) is 26.3 Å². The zero-order chi connectivity index (χ0) is 12.1. The van der Waals surface area contributed by atoms with Gasteiger partial charge in [0.1, 0.15) is 12.2 Å². The van der Waals surface area contributed by atoms with Crippen LogP contribution in [0.4, 0.5) is 0 Å². The van der Waals surface area contributed by atoms with Crippen molar-refractivity contribution in [3.63, 3.8) is 0 Å². The molecule has 1 fully saturated rings. The number of nitrogens with zero attached hydrogens (tertiary/aromatic N) is 3. The van der Waals surface area contributed by atoms with Gasteiger partial charge in [0.05, 0.1) is 6.61 Å². The van der Waals surface area contributed by atoms with Crippen molar-refractivity contribution in [2.24, 2.45) is 5.41 Å². The molecule has 1 N–H and O–H groups in total. The van der Waals surface area contributed by atoms with Gasteiger partial charge in [0, 0.05) is 31.5 Å². The van der Waals surface area contributed by atoms with Crippen molar-refractivity contribution in [3.05, 3.63) is 12.2 Å². The lowest BCUT2D eigenvalue weighted by Crippen LogP contribution is -2.37. The highest BCUT2D eigenvalue weighted by Crippen LogP contribution is 2.31. The number of hydrogen-bond donors (Lipinski definition) is 1. The summed E-state index contributed by atoms with van der Waals surface area (Å²) in [5.74, 6) is 1.08. The van der Waals surface area contributed by atoms with Crippen molar-refractivity contribution in [1.82, 2.24) is 20.1 Å². The van der Waals surface area contributed by atoms with Crippen LogP contribution in [-0.4, -0.2) is 41.1 Å². The predicted molar refractivity (Wildman–Crippen MR) is 65.8 cm³/mol. The van der Waals surface area contributed by atoms with E-state index in [-0.39, 0.29) is 5.41 Å². The molecule has 5 nitrogen and oxygen atoms in total. The van der Waals surface area contributed by atoms with Gasteiger partial charge in [-0.3, -0.25) is 4.68 Å². The Balaban J connectivity index is 2.07. The van der Waals surface area contributed by atoms with E-state index in [1.807, 2.05) is 4.68 Å². The molecule has 0 radical (unpaired) electrons. The van der Waals surface area contributed by atoms with E-state index in [1.165, 1.54) is 0 Å². The molecule has 1 saturated heterocycles. The lowest BCUT2D eigenvalue weighted by molar-refractivity contribution is 0.147. The van der Waals surface area contributed by atoms with Crippen LogP contribution in [0.25, 0.3) is 0 Å². The molecule has 2 heterocycles. The first kappa shape index (κ1) is 12.5. The minimum Gasteiger partial charge on any atom is -0.381 e. The average Bonchev–Trinajstić information content (AvgIpc) is 2.97. The van der Waals surface area contributed by atoms with Crippen LogP contribution in [0.5, 0.6) is 0 Å². The van der Waals surface area contributed by atoms with E-state index < -0.39 is 0 Å². The second-order valence-electron chi connectivity index (χ2n) is 4.75. The van der Waals surface area contributed by atoms with Crippen LogP contribution in [0.3, 0.4) is 0 Å². The Labute approximate surface area is 103 Å². The smallest absolute Gasteiger partial charge is 0.138 e. The summed E-state index contributed by atoms with van der Waals surface area (Å²) in [7, 11) is 0. The summed E-state index contributed by atoms with van der Waals surface area (Å²) >= 11 is 0. The Morgan fingerprint density at radius 1 is 1.53 bits per heavy atom. The molecule has 1 unspecified atom stereocenters. The van der Waals surface area contributed by atoms with Crippen LogP contribution in [0, 0.1) is 5.41 Å². The third-order valence-electron chi connectivity index (χ3n) is 3.46. The molecule has 0 aliphatic carbocycles. The van der Waals surface area contributed by atoms with Gasteiger partial charge >= 0.3 is 0 Å². The lowest BCUT2D eigenvalue weighted by Gasteiger charge is -2.27. The highest BCUT2D eigenvalue weighted by Gasteiger charge is 2.36. The van der Waals surface area contributed by atoms with Gasteiger partial charge < -0.3 is 10.1 Å². The lowest BCUT2D eigenvalue weighted by atomic mass is 9.83. The van der Waals surface area contributed by atoms with E-state index in [9.17, 15) is 0 Å². The van der Waals surface area contributed by atoms with Crippen molar-refractivity contribution >= 4 is 0 Å². The maximum absolute atomic E-state index is 5.58. The van der Waals surface area contributed by atoms with Crippen molar-refractivity contribution in [1.29, 1.82) is 0 Å². The molecule has 0 spiro atoms. The summed E-state index contributed by atoms with van der Waals surface area (Å²) < 4.78 is 7.56. The summed E-state index contributed by atoms with van der Waals surface area (Å²) in [6.45, 7) is 8.82. The van der Waals surface area contributed by atoms with Gasteiger partial charge in [-0.1, -0.05) is 6.92 Å². The number of aromatic nitrogens is 3. The Hall–Kier alpha value is -0.940. The van der Waals surface area contributed by atoms with E-state index >= 15 is 0 Å². The third kappa shape index (κ3) is 2.84. The molecule has 5 heteroatoms. The first-order chi connectivity index (χ1) is 8.29. The Morgan fingerprint density at radius 2 is 2.41 bits per heavy atom. The van der Waals surface area contributed by atoms with Gasteiger partial charge in [0.15, 0.2) is 0 Å². The van der Waals surface area contributed by atoms with Gasteiger partial charge in [0.25, 0.3) is 0 Å². The van der Waals surface area contributed by atoms with Gasteiger partial charge in [-0.2, -0.15) is 5.10 Å². The minimum atomic E-state index is 0.204. The number of rotatable bonds is 6. The van der Waals surface area contributed by atoms with Crippen LogP contribution in [-0.2, 0) is 17.7 Å². The fourth-order valence-corrected chi connectivity index (χ4v) is 2.41. The molecule has 1 aliphatic heterocycles. The van der Waals surface area contributed by atoms with Crippen LogP contribution in [0.15, 0.2) is 6.33 Å². The summed E-state index contributed by atoms with van der Waals surface area (Å²) in [5, 5.41) is 7.68. The molecule has 1 atom stereocenters. The van der Waals surface area contributed by atoms with Crippen molar-refractivity contribution in [2.45, 2.75) is 33.2 Å². The van der Waals surface area contributed by atoms with E-state index in [0.29, 0.717) is 0 Å². The summed E-state index contributed by atoms with van der Waals surface area (Å²) in [5.41, 5.74) is 0.204. The molecule has 1 aromatic heterocycles. The normalized spacial score (nSPS) is 24.4. The minimum absolute atomic E-state index is 0.204. The topological polar surface area (TPSA) is 52.0 Å². The Bertz CT molecular complexity index is 344. The summed E-state index contributed by atoms with van der Waals surface area (Å²) in [6.07, 6.45) is 3.71. The average molecular weight is 238 g/mol. The summed E-state index contributed by atoms with van der Waals surface area (Å²) in [4.78, 5) is 4.37. The van der Waals surface area contributed by atoms with Crippen LogP contribution in [0.2, 0.25) is 0 Å². The molecular formula is C12H22N4O. The monoisotopic (exact) mass is 238 g/mol. The quantitative estimate of drug-likeness (QED) is 0.798. The number of aryl methyl sites for hydroxylation is 1. The number of hydrogen-bond acceptors (Lipinski definition) is 4. The molecule has 96 valence electrons. The fourth-order valence-electron chi connectivity index (χ4n) is 2.41. The Kier molecular flexibility index (Phi) is 4.12. The first-order valence-corrected chi connectivity index (χ1v) is 6.45. The fraction of sp³-hybridized carbons (Fsp3) is 0.833. The van der Waals surface area contributed by atoms with E-state index in [4.69, 9.17) is 4.74 Å². The van der Waals surface area contributed by atoms with Crippen LogP contribution >= 0.6 is 0 Å². The van der Waals surface area contributed by atoms with Crippen molar-refractivity contribution in [3.8, 4) is 0 Å². The molecule has 2 rings (SSSR count). The Morgan fingerprint density at radius 3 is 3.06 bits per heavy atom. The molecular weight excluding hydrogens is 216 g/mol. The van der Waals surface area contributed by atoms with E-state index in [1.54, 1.807) is 6.33 Å². The maximum Gasteiger partial charge on any atom is 0.138 e. The predicted octanol–water partition coefficient (Wildman–Crippen LogP) is 0.857. The molecule has 1 aromatic rings.